The topological polar surface area (TPSA) is 45.2 Å². The molecule has 0 radical (unpaired) electrons. The molecule has 1 aromatic heterocycles. The summed E-state index contributed by atoms with van der Waals surface area (Å²) in [6.45, 7) is 1.87. The highest BCUT2D eigenvalue weighted by Gasteiger charge is 2.20. The predicted molar refractivity (Wildman–Crippen MR) is 62.2 cm³/mol. The molecule has 1 amide bonds. The van der Waals surface area contributed by atoms with Gasteiger partial charge in [-0.3, -0.25) is 9.78 Å². The number of nitrogens with one attached hydrogen (secondary N) is 1. The minimum absolute atomic E-state index is 0.0632. The first-order chi connectivity index (χ1) is 8.16. The highest BCUT2D eigenvalue weighted by molar-refractivity contribution is 5.94. The number of piperidine rings is 1. The monoisotopic (exact) mass is 237 g/mol. The van der Waals surface area contributed by atoms with E-state index in [2.05, 4.69) is 15.2 Å². The van der Waals surface area contributed by atoms with Gasteiger partial charge in [0.15, 0.2) is 5.82 Å². The van der Waals surface area contributed by atoms with Crippen LogP contribution in [0.3, 0.4) is 0 Å². The van der Waals surface area contributed by atoms with Crippen molar-refractivity contribution in [3.63, 3.8) is 0 Å². The van der Waals surface area contributed by atoms with Crippen LogP contribution in [0.25, 0.3) is 0 Å². The fourth-order valence-electron chi connectivity index (χ4n) is 2.11. The summed E-state index contributed by atoms with van der Waals surface area (Å²) in [4.78, 5) is 17.6. The summed E-state index contributed by atoms with van der Waals surface area (Å²) in [5.41, 5.74) is 0.0632. The molecule has 0 spiro atoms. The highest BCUT2D eigenvalue weighted by atomic mass is 19.1. The number of carbonyl (C=O) groups excluding carboxylic acids is 1. The van der Waals surface area contributed by atoms with Crippen molar-refractivity contribution in [3.8, 4) is 0 Å². The Labute approximate surface area is 99.8 Å². The molecule has 0 aliphatic carbocycles. The van der Waals surface area contributed by atoms with Crippen LogP contribution < -0.4 is 5.32 Å². The summed E-state index contributed by atoms with van der Waals surface area (Å²) in [6.07, 6.45) is 4.48. The van der Waals surface area contributed by atoms with Crippen LogP contribution in [0.5, 0.6) is 0 Å². The van der Waals surface area contributed by atoms with Crippen LogP contribution in [0, 0.1) is 5.82 Å². The van der Waals surface area contributed by atoms with E-state index in [9.17, 15) is 9.18 Å². The molecule has 2 rings (SSSR count). The van der Waals surface area contributed by atoms with Gasteiger partial charge in [-0.1, -0.05) is 0 Å². The van der Waals surface area contributed by atoms with E-state index in [1.54, 1.807) is 0 Å². The molecule has 0 bridgehead atoms. The number of likely N-dealkylation sites (tertiary alicyclic amines) is 1. The van der Waals surface area contributed by atoms with Crippen molar-refractivity contribution < 1.29 is 9.18 Å². The van der Waals surface area contributed by atoms with Crippen molar-refractivity contribution in [2.24, 2.45) is 0 Å². The number of hydrogen-bond donors (Lipinski definition) is 1. The average Bonchev–Trinajstić information content (AvgIpc) is 2.29. The molecule has 5 heteroatoms. The molecule has 1 saturated heterocycles. The second-order valence-electron chi connectivity index (χ2n) is 4.43. The number of hydrogen-bond acceptors (Lipinski definition) is 3. The molecule has 1 N–H and O–H groups in total. The molecule has 17 heavy (non-hydrogen) atoms. The van der Waals surface area contributed by atoms with Gasteiger partial charge in [-0.2, -0.15) is 0 Å². The molecule has 1 atom stereocenters. The zero-order valence-corrected chi connectivity index (χ0v) is 9.82. The first-order valence-corrected chi connectivity index (χ1v) is 5.76. The smallest absolute Gasteiger partial charge is 0.254 e. The van der Waals surface area contributed by atoms with Gasteiger partial charge in [0, 0.05) is 18.8 Å². The Morgan fingerprint density at radius 3 is 3.18 bits per heavy atom. The van der Waals surface area contributed by atoms with Gasteiger partial charge in [-0.05, 0) is 32.5 Å². The van der Waals surface area contributed by atoms with Crippen LogP contribution in [0.2, 0.25) is 0 Å². The van der Waals surface area contributed by atoms with Crippen molar-refractivity contribution in [2.75, 3.05) is 20.1 Å². The van der Waals surface area contributed by atoms with Crippen molar-refractivity contribution in [1.29, 1.82) is 0 Å². The normalized spacial score (nSPS) is 21.2. The Bertz CT molecular complexity index is 410. The Morgan fingerprint density at radius 1 is 1.65 bits per heavy atom. The molecule has 1 aliphatic rings. The van der Waals surface area contributed by atoms with Crippen LogP contribution in [0.1, 0.15) is 23.2 Å². The lowest BCUT2D eigenvalue weighted by atomic mass is 10.1. The maximum Gasteiger partial charge on any atom is 0.254 e. The molecule has 1 aliphatic heterocycles. The van der Waals surface area contributed by atoms with Crippen molar-refractivity contribution in [1.82, 2.24) is 15.2 Å². The lowest BCUT2D eigenvalue weighted by molar-refractivity contribution is 0.0908. The van der Waals surface area contributed by atoms with Crippen LogP contribution in [-0.2, 0) is 0 Å². The third kappa shape index (κ3) is 3.00. The molecular weight excluding hydrogens is 221 g/mol. The molecule has 4 nitrogen and oxygen atoms in total. The quantitative estimate of drug-likeness (QED) is 0.836. The van der Waals surface area contributed by atoms with E-state index in [4.69, 9.17) is 0 Å². The summed E-state index contributed by atoms with van der Waals surface area (Å²) >= 11 is 0. The number of likely N-dealkylation sites (N-methyl/N-ethyl adjacent to an activating group) is 1. The van der Waals surface area contributed by atoms with Gasteiger partial charge < -0.3 is 10.2 Å². The molecule has 0 saturated carbocycles. The summed E-state index contributed by atoms with van der Waals surface area (Å²) in [5.74, 6) is -0.931. The van der Waals surface area contributed by atoms with Gasteiger partial charge in [0.1, 0.15) is 0 Å². The fraction of sp³-hybridized carbons (Fsp3) is 0.500. The van der Waals surface area contributed by atoms with Crippen LogP contribution in [0.15, 0.2) is 18.5 Å². The SMILES string of the molecule is CN1CCCC(NC(=O)c2ccncc2F)C1. The van der Waals surface area contributed by atoms with Gasteiger partial charge in [0.05, 0.1) is 11.8 Å². The molecule has 2 heterocycles. The van der Waals surface area contributed by atoms with Crippen LogP contribution in [0.4, 0.5) is 4.39 Å². The Morgan fingerprint density at radius 2 is 2.47 bits per heavy atom. The van der Waals surface area contributed by atoms with Crippen molar-refractivity contribution in [3.05, 3.63) is 29.8 Å². The first kappa shape index (κ1) is 12.0. The third-order valence-corrected chi connectivity index (χ3v) is 2.98. The van der Waals surface area contributed by atoms with E-state index in [0.29, 0.717) is 0 Å². The molecule has 0 aromatic carbocycles. The van der Waals surface area contributed by atoms with Gasteiger partial charge >= 0.3 is 0 Å². The largest absolute Gasteiger partial charge is 0.348 e. The Balaban J connectivity index is 1.99. The van der Waals surface area contributed by atoms with E-state index in [0.717, 1.165) is 32.1 Å². The van der Waals surface area contributed by atoms with E-state index >= 15 is 0 Å². The average molecular weight is 237 g/mol. The summed E-state index contributed by atoms with van der Waals surface area (Å²) in [7, 11) is 2.02. The standard InChI is InChI=1S/C12H16FN3O/c1-16-6-2-3-9(8-16)15-12(17)10-4-5-14-7-11(10)13/h4-5,7,9H,2-3,6,8H2,1H3,(H,15,17). The number of pyridine rings is 1. The number of carbonyl (C=O) groups is 1. The van der Waals surface area contributed by atoms with E-state index in [-0.39, 0.29) is 17.5 Å². The summed E-state index contributed by atoms with van der Waals surface area (Å²) in [6, 6.07) is 1.51. The zero-order chi connectivity index (χ0) is 12.3. The molecule has 1 unspecified atom stereocenters. The predicted octanol–water partition coefficient (Wildman–Crippen LogP) is 1.04. The van der Waals surface area contributed by atoms with Crippen LogP contribution in [-0.4, -0.2) is 42.0 Å². The van der Waals surface area contributed by atoms with Gasteiger partial charge in [0.2, 0.25) is 0 Å². The number of nitrogens with zero attached hydrogens (tertiary/aromatic N) is 2. The second-order valence-corrected chi connectivity index (χ2v) is 4.43. The first-order valence-electron chi connectivity index (χ1n) is 5.76. The summed E-state index contributed by atoms with van der Waals surface area (Å²) < 4.78 is 13.3. The number of aromatic nitrogens is 1. The molecule has 1 fully saturated rings. The lowest BCUT2D eigenvalue weighted by Crippen LogP contribution is -2.46. The molecule has 1 aromatic rings. The molecular formula is C12H16FN3O. The van der Waals surface area contributed by atoms with Crippen molar-refractivity contribution in [2.45, 2.75) is 18.9 Å². The Kier molecular flexibility index (Phi) is 3.68. The van der Waals surface area contributed by atoms with E-state index < -0.39 is 5.82 Å². The zero-order valence-electron chi connectivity index (χ0n) is 9.82. The third-order valence-electron chi connectivity index (χ3n) is 2.98. The van der Waals surface area contributed by atoms with Gasteiger partial charge in [-0.25, -0.2) is 4.39 Å². The minimum Gasteiger partial charge on any atom is -0.348 e. The number of rotatable bonds is 2. The number of amides is 1. The lowest BCUT2D eigenvalue weighted by Gasteiger charge is -2.30. The highest BCUT2D eigenvalue weighted by Crippen LogP contribution is 2.10. The van der Waals surface area contributed by atoms with E-state index in [1.165, 1.54) is 12.3 Å². The van der Waals surface area contributed by atoms with E-state index in [1.807, 2.05) is 7.05 Å². The van der Waals surface area contributed by atoms with Crippen LogP contribution >= 0.6 is 0 Å². The minimum atomic E-state index is -0.575. The van der Waals surface area contributed by atoms with Gasteiger partial charge in [0.25, 0.3) is 5.91 Å². The Hall–Kier alpha value is -1.49. The van der Waals surface area contributed by atoms with Gasteiger partial charge in [-0.15, -0.1) is 0 Å². The maximum absolute atomic E-state index is 13.3. The fourth-order valence-corrected chi connectivity index (χ4v) is 2.11. The summed E-state index contributed by atoms with van der Waals surface area (Å²) in [5, 5.41) is 2.86. The molecule has 92 valence electrons. The maximum atomic E-state index is 13.3. The number of halogens is 1. The van der Waals surface area contributed by atoms with Crippen molar-refractivity contribution >= 4 is 5.91 Å². The second kappa shape index (κ2) is 5.23.